The lowest BCUT2D eigenvalue weighted by molar-refractivity contribution is 0.0941. The van der Waals surface area contributed by atoms with Crippen LogP contribution in [0.3, 0.4) is 0 Å². The predicted molar refractivity (Wildman–Crippen MR) is 99.4 cm³/mol. The van der Waals surface area contributed by atoms with Crippen molar-refractivity contribution in [2.24, 2.45) is 7.05 Å². The molecule has 0 saturated carbocycles. The van der Waals surface area contributed by atoms with Crippen molar-refractivity contribution in [3.63, 3.8) is 0 Å². The molecule has 6 nitrogen and oxygen atoms in total. The molecule has 0 saturated heterocycles. The first-order chi connectivity index (χ1) is 13.1. The predicted octanol–water partition coefficient (Wildman–Crippen LogP) is 3.04. The number of hydrogen-bond acceptors (Lipinski definition) is 4. The van der Waals surface area contributed by atoms with Crippen molar-refractivity contribution in [2.45, 2.75) is 0 Å². The number of methoxy groups -OCH3 is 1. The molecule has 2 aromatic carbocycles. The topological polar surface area (TPSA) is 65.4 Å². The molecule has 3 rings (SSSR count). The van der Waals surface area contributed by atoms with Gasteiger partial charge in [0.15, 0.2) is 5.69 Å². The van der Waals surface area contributed by atoms with Crippen molar-refractivity contribution in [3.8, 4) is 22.8 Å². The van der Waals surface area contributed by atoms with E-state index >= 15 is 0 Å². The largest absolute Gasteiger partial charge is 0.497 e. The fourth-order valence-corrected chi connectivity index (χ4v) is 2.56. The number of carbonyl (C=O) groups is 1. The summed E-state index contributed by atoms with van der Waals surface area (Å²) in [7, 11) is 3.34. The fraction of sp³-hybridized carbons (Fsp3) is 0.200. The highest BCUT2D eigenvalue weighted by molar-refractivity contribution is 5.93. The van der Waals surface area contributed by atoms with Crippen molar-refractivity contribution < 1.29 is 18.7 Å². The van der Waals surface area contributed by atoms with Crippen LogP contribution in [-0.4, -0.2) is 35.9 Å². The molecule has 1 N–H and O–H groups in total. The van der Waals surface area contributed by atoms with E-state index in [0.29, 0.717) is 24.6 Å². The Kier molecular flexibility index (Phi) is 5.71. The number of aromatic nitrogens is 2. The highest BCUT2D eigenvalue weighted by Crippen LogP contribution is 2.20. The summed E-state index contributed by atoms with van der Waals surface area (Å²) >= 11 is 0. The maximum absolute atomic E-state index is 13.1. The summed E-state index contributed by atoms with van der Waals surface area (Å²) < 4.78 is 25.3. The summed E-state index contributed by atoms with van der Waals surface area (Å²) in [5.74, 6) is 0.845. The molecule has 3 aromatic rings. The average molecular weight is 369 g/mol. The van der Waals surface area contributed by atoms with Crippen LogP contribution >= 0.6 is 0 Å². The van der Waals surface area contributed by atoms with E-state index in [9.17, 15) is 9.18 Å². The van der Waals surface area contributed by atoms with Gasteiger partial charge in [-0.25, -0.2) is 4.39 Å². The van der Waals surface area contributed by atoms with Gasteiger partial charge in [-0.1, -0.05) is 0 Å². The molecule has 0 fully saturated rings. The van der Waals surface area contributed by atoms with E-state index < -0.39 is 0 Å². The molecule has 0 aliphatic rings. The number of halogens is 1. The highest BCUT2D eigenvalue weighted by Gasteiger charge is 2.13. The number of hydrogen-bond donors (Lipinski definition) is 1. The van der Waals surface area contributed by atoms with E-state index in [2.05, 4.69) is 10.4 Å². The van der Waals surface area contributed by atoms with Crippen LogP contribution in [0, 0.1) is 5.82 Å². The second kappa shape index (κ2) is 8.35. The summed E-state index contributed by atoms with van der Waals surface area (Å²) in [6.07, 6.45) is 0. The molecule has 0 bridgehead atoms. The first-order valence-electron chi connectivity index (χ1n) is 8.42. The monoisotopic (exact) mass is 369 g/mol. The molecule has 0 atom stereocenters. The van der Waals surface area contributed by atoms with Gasteiger partial charge in [0.1, 0.15) is 23.9 Å². The molecule has 7 heteroatoms. The molecule has 0 radical (unpaired) electrons. The molecule has 0 aliphatic heterocycles. The third kappa shape index (κ3) is 4.63. The minimum Gasteiger partial charge on any atom is -0.497 e. The SMILES string of the molecule is COc1ccc(OCCNC(=O)c2cc(-c3ccc(F)cc3)n(C)n2)cc1. The summed E-state index contributed by atoms with van der Waals surface area (Å²) in [6.45, 7) is 0.670. The zero-order valence-corrected chi connectivity index (χ0v) is 15.1. The van der Waals surface area contributed by atoms with Crippen molar-refractivity contribution >= 4 is 5.91 Å². The van der Waals surface area contributed by atoms with Gasteiger partial charge in [0.05, 0.1) is 19.3 Å². The summed E-state index contributed by atoms with van der Waals surface area (Å²) in [5.41, 5.74) is 1.81. The second-order valence-electron chi connectivity index (χ2n) is 5.83. The van der Waals surface area contributed by atoms with E-state index in [1.54, 1.807) is 61.3 Å². The zero-order valence-electron chi connectivity index (χ0n) is 15.1. The summed E-state index contributed by atoms with van der Waals surface area (Å²) in [6, 6.07) is 14.9. The Bertz CT molecular complexity index is 905. The fourth-order valence-electron chi connectivity index (χ4n) is 2.56. The van der Waals surface area contributed by atoms with Crippen LogP contribution < -0.4 is 14.8 Å². The molecule has 0 spiro atoms. The quantitative estimate of drug-likeness (QED) is 0.650. The Balaban J connectivity index is 1.53. The zero-order chi connectivity index (χ0) is 19.2. The minimum absolute atomic E-state index is 0.293. The van der Waals surface area contributed by atoms with E-state index in [1.807, 2.05) is 0 Å². The molecular weight excluding hydrogens is 349 g/mol. The molecule has 1 heterocycles. The van der Waals surface area contributed by atoms with Crippen LogP contribution in [0.5, 0.6) is 11.5 Å². The van der Waals surface area contributed by atoms with Gasteiger partial charge in [-0.2, -0.15) is 5.10 Å². The smallest absolute Gasteiger partial charge is 0.271 e. The first-order valence-corrected chi connectivity index (χ1v) is 8.42. The second-order valence-corrected chi connectivity index (χ2v) is 5.83. The van der Waals surface area contributed by atoms with Gasteiger partial charge >= 0.3 is 0 Å². The van der Waals surface area contributed by atoms with Crippen LogP contribution in [0.25, 0.3) is 11.3 Å². The van der Waals surface area contributed by atoms with Crippen molar-refractivity contribution in [1.82, 2.24) is 15.1 Å². The summed E-state index contributed by atoms with van der Waals surface area (Å²) in [5, 5.41) is 6.99. The lowest BCUT2D eigenvalue weighted by atomic mass is 10.1. The third-order valence-corrected chi connectivity index (χ3v) is 3.97. The number of nitrogens with zero attached hydrogens (tertiary/aromatic N) is 2. The van der Waals surface area contributed by atoms with Crippen molar-refractivity contribution in [2.75, 3.05) is 20.3 Å². The standard InChI is InChI=1S/C20H20FN3O3/c1-24-19(14-3-5-15(21)6-4-14)13-18(23-24)20(25)22-11-12-27-17-9-7-16(26-2)8-10-17/h3-10,13H,11-12H2,1-2H3,(H,22,25). The number of nitrogens with one attached hydrogen (secondary N) is 1. The Morgan fingerprint density at radius 1 is 1.11 bits per heavy atom. The van der Waals surface area contributed by atoms with Gasteiger partial charge in [-0.15, -0.1) is 0 Å². The Hall–Kier alpha value is -3.35. The van der Waals surface area contributed by atoms with Crippen LogP contribution in [-0.2, 0) is 7.05 Å². The van der Waals surface area contributed by atoms with Gasteiger partial charge in [0, 0.05) is 7.05 Å². The molecule has 1 amide bonds. The molecule has 0 unspecified atom stereocenters. The lowest BCUT2D eigenvalue weighted by Gasteiger charge is -2.07. The summed E-state index contributed by atoms with van der Waals surface area (Å²) in [4.78, 5) is 12.3. The van der Waals surface area contributed by atoms with Gasteiger partial charge in [-0.05, 0) is 60.2 Å². The van der Waals surface area contributed by atoms with E-state index in [4.69, 9.17) is 9.47 Å². The maximum atomic E-state index is 13.1. The van der Waals surface area contributed by atoms with E-state index in [1.165, 1.54) is 12.1 Å². The lowest BCUT2D eigenvalue weighted by Crippen LogP contribution is -2.28. The molecule has 27 heavy (non-hydrogen) atoms. The van der Waals surface area contributed by atoms with Gasteiger partial charge in [0.25, 0.3) is 5.91 Å². The van der Waals surface area contributed by atoms with Crippen molar-refractivity contribution in [1.29, 1.82) is 0 Å². The highest BCUT2D eigenvalue weighted by atomic mass is 19.1. The van der Waals surface area contributed by atoms with Gasteiger partial charge < -0.3 is 14.8 Å². The van der Waals surface area contributed by atoms with Crippen LogP contribution in [0.4, 0.5) is 4.39 Å². The normalized spacial score (nSPS) is 10.5. The Morgan fingerprint density at radius 3 is 2.44 bits per heavy atom. The number of benzene rings is 2. The molecule has 1 aromatic heterocycles. The number of carbonyl (C=O) groups excluding carboxylic acids is 1. The molecule has 140 valence electrons. The van der Waals surface area contributed by atoms with E-state index in [0.717, 1.165) is 17.0 Å². The molecule has 0 aliphatic carbocycles. The number of ether oxygens (including phenoxy) is 2. The Morgan fingerprint density at radius 2 is 1.78 bits per heavy atom. The molecular formula is C20H20FN3O3. The minimum atomic E-state index is -0.309. The third-order valence-electron chi connectivity index (χ3n) is 3.97. The first kappa shape index (κ1) is 18.4. The van der Waals surface area contributed by atoms with Gasteiger partial charge in [-0.3, -0.25) is 9.48 Å². The maximum Gasteiger partial charge on any atom is 0.271 e. The van der Waals surface area contributed by atoms with Crippen LogP contribution in [0.1, 0.15) is 10.5 Å². The average Bonchev–Trinajstić information content (AvgIpc) is 3.08. The number of amides is 1. The van der Waals surface area contributed by atoms with Crippen LogP contribution in [0.2, 0.25) is 0 Å². The van der Waals surface area contributed by atoms with Gasteiger partial charge in [0.2, 0.25) is 0 Å². The van der Waals surface area contributed by atoms with Crippen LogP contribution in [0.15, 0.2) is 54.6 Å². The number of rotatable bonds is 7. The Labute approximate surface area is 156 Å². The van der Waals surface area contributed by atoms with Crippen molar-refractivity contribution in [3.05, 3.63) is 66.1 Å². The number of aryl methyl sites for hydroxylation is 1. The van der Waals surface area contributed by atoms with E-state index in [-0.39, 0.29) is 11.7 Å².